The van der Waals surface area contributed by atoms with Gasteiger partial charge in [0.25, 0.3) is 0 Å². The standard InChI is InChI=1S/C25H36O6Si/c1-25(2,3)32(4,5)31-24(18-11-12-21-22(13-18)30-16-29-21)20(15-27)19(14-26)23(28)17-9-7-6-8-10-17/h6-13,19-20,23-24,26-28H,14-16H2,1-5H3/t19-,20-,23?,24-/m0/s1. The molecule has 1 aliphatic heterocycles. The highest BCUT2D eigenvalue weighted by atomic mass is 28.4. The van der Waals surface area contributed by atoms with Crippen molar-refractivity contribution in [3.8, 4) is 11.5 Å². The summed E-state index contributed by atoms with van der Waals surface area (Å²) in [7, 11) is -2.27. The topological polar surface area (TPSA) is 88.4 Å². The summed E-state index contributed by atoms with van der Waals surface area (Å²) in [6, 6.07) is 14.9. The first-order valence-electron chi connectivity index (χ1n) is 11.1. The largest absolute Gasteiger partial charge is 0.454 e. The average molecular weight is 461 g/mol. The molecule has 1 heterocycles. The van der Waals surface area contributed by atoms with Gasteiger partial charge in [-0.25, -0.2) is 0 Å². The van der Waals surface area contributed by atoms with Crippen molar-refractivity contribution in [3.05, 3.63) is 59.7 Å². The molecule has 3 rings (SSSR count). The molecule has 32 heavy (non-hydrogen) atoms. The molecular formula is C25H36O6Si. The van der Waals surface area contributed by atoms with Gasteiger partial charge in [-0.05, 0) is 41.4 Å². The number of ether oxygens (including phenoxy) is 2. The lowest BCUT2D eigenvalue weighted by molar-refractivity contribution is -0.0379. The molecule has 7 heteroatoms. The smallest absolute Gasteiger partial charge is 0.231 e. The lowest BCUT2D eigenvalue weighted by Crippen LogP contribution is -2.45. The van der Waals surface area contributed by atoms with Gasteiger partial charge in [0.05, 0.1) is 12.2 Å². The minimum atomic E-state index is -2.27. The van der Waals surface area contributed by atoms with Crippen molar-refractivity contribution < 1.29 is 29.2 Å². The maximum atomic E-state index is 11.1. The molecule has 0 spiro atoms. The van der Waals surface area contributed by atoms with E-state index in [1.54, 1.807) is 0 Å². The summed E-state index contributed by atoms with van der Waals surface area (Å²) in [5.41, 5.74) is 1.53. The number of benzene rings is 2. The molecule has 2 aromatic carbocycles. The first kappa shape index (κ1) is 24.7. The third-order valence-corrected chi connectivity index (χ3v) is 11.3. The van der Waals surface area contributed by atoms with Crippen LogP contribution in [0, 0.1) is 11.8 Å². The molecule has 4 atom stereocenters. The van der Waals surface area contributed by atoms with Crippen LogP contribution in [-0.4, -0.2) is 43.6 Å². The van der Waals surface area contributed by atoms with Crippen molar-refractivity contribution in [1.82, 2.24) is 0 Å². The fourth-order valence-electron chi connectivity index (χ4n) is 3.81. The summed E-state index contributed by atoms with van der Waals surface area (Å²) >= 11 is 0. The number of aliphatic hydroxyl groups excluding tert-OH is 3. The normalized spacial score (nSPS) is 17.6. The van der Waals surface area contributed by atoms with Gasteiger partial charge in [-0.2, -0.15) is 0 Å². The highest BCUT2D eigenvalue weighted by Crippen LogP contribution is 2.46. The van der Waals surface area contributed by atoms with Crippen LogP contribution in [0.5, 0.6) is 11.5 Å². The Morgan fingerprint density at radius 3 is 2.12 bits per heavy atom. The van der Waals surface area contributed by atoms with E-state index in [1.165, 1.54) is 0 Å². The van der Waals surface area contributed by atoms with E-state index < -0.39 is 32.4 Å². The predicted molar refractivity (Wildman–Crippen MR) is 126 cm³/mol. The number of hydrogen-bond donors (Lipinski definition) is 3. The molecule has 0 saturated carbocycles. The molecule has 1 aliphatic rings. The lowest BCUT2D eigenvalue weighted by atomic mass is 9.80. The SMILES string of the molecule is CC(C)(C)[Si](C)(C)O[C@@H](c1ccc2c(c1)OCO2)[C@@H](CO)[C@H](CO)C(O)c1ccccc1. The molecule has 0 fully saturated rings. The van der Waals surface area contributed by atoms with Crippen LogP contribution in [0.2, 0.25) is 18.1 Å². The third kappa shape index (κ3) is 5.18. The average Bonchev–Trinajstić information content (AvgIpc) is 3.23. The summed E-state index contributed by atoms with van der Waals surface area (Å²) in [5.74, 6) is 0.142. The molecule has 2 aromatic rings. The molecule has 176 valence electrons. The summed E-state index contributed by atoms with van der Waals surface area (Å²) in [4.78, 5) is 0. The summed E-state index contributed by atoms with van der Waals surface area (Å²) in [6.45, 7) is 10.4. The molecular weight excluding hydrogens is 424 g/mol. The maximum absolute atomic E-state index is 11.1. The fourth-order valence-corrected chi connectivity index (χ4v) is 5.11. The van der Waals surface area contributed by atoms with E-state index >= 15 is 0 Å². The molecule has 3 N–H and O–H groups in total. The quantitative estimate of drug-likeness (QED) is 0.480. The Bertz CT molecular complexity index is 880. The monoisotopic (exact) mass is 460 g/mol. The second kappa shape index (κ2) is 9.93. The molecule has 0 bridgehead atoms. The highest BCUT2D eigenvalue weighted by Gasteiger charge is 2.44. The van der Waals surface area contributed by atoms with Crippen LogP contribution >= 0.6 is 0 Å². The fraction of sp³-hybridized carbons (Fsp3) is 0.520. The summed E-state index contributed by atoms with van der Waals surface area (Å²) in [6.07, 6.45) is -1.48. The van der Waals surface area contributed by atoms with Crippen molar-refractivity contribution in [2.45, 2.75) is 51.1 Å². The van der Waals surface area contributed by atoms with Crippen LogP contribution in [0.1, 0.15) is 44.1 Å². The number of fused-ring (bicyclic) bond motifs is 1. The van der Waals surface area contributed by atoms with Crippen LogP contribution in [0.25, 0.3) is 0 Å². The molecule has 0 aromatic heterocycles. The predicted octanol–water partition coefficient (Wildman–Crippen LogP) is 4.43. The van der Waals surface area contributed by atoms with Crippen LogP contribution in [-0.2, 0) is 4.43 Å². The van der Waals surface area contributed by atoms with E-state index in [9.17, 15) is 15.3 Å². The zero-order valence-electron chi connectivity index (χ0n) is 19.6. The lowest BCUT2D eigenvalue weighted by Gasteiger charge is -2.43. The Balaban J connectivity index is 2.03. The van der Waals surface area contributed by atoms with Crippen LogP contribution in [0.4, 0.5) is 0 Å². The molecule has 1 unspecified atom stereocenters. The van der Waals surface area contributed by atoms with E-state index in [1.807, 2.05) is 48.5 Å². The zero-order chi connectivity index (χ0) is 23.5. The van der Waals surface area contributed by atoms with Gasteiger partial charge in [-0.3, -0.25) is 0 Å². The zero-order valence-corrected chi connectivity index (χ0v) is 20.6. The second-order valence-corrected chi connectivity index (χ2v) is 14.7. The summed E-state index contributed by atoms with van der Waals surface area (Å²) < 4.78 is 17.9. The van der Waals surface area contributed by atoms with Crippen molar-refractivity contribution in [2.24, 2.45) is 11.8 Å². The maximum Gasteiger partial charge on any atom is 0.231 e. The van der Waals surface area contributed by atoms with Gasteiger partial charge in [0.2, 0.25) is 6.79 Å². The van der Waals surface area contributed by atoms with Crippen molar-refractivity contribution in [1.29, 1.82) is 0 Å². The Morgan fingerprint density at radius 2 is 1.53 bits per heavy atom. The van der Waals surface area contributed by atoms with Gasteiger partial charge < -0.3 is 29.2 Å². The van der Waals surface area contributed by atoms with Crippen molar-refractivity contribution in [3.63, 3.8) is 0 Å². The molecule has 6 nitrogen and oxygen atoms in total. The Kier molecular flexibility index (Phi) is 7.67. The molecule has 0 saturated heterocycles. The Hall–Kier alpha value is -1.90. The molecule has 0 radical (unpaired) electrons. The van der Waals surface area contributed by atoms with Gasteiger partial charge in [0.15, 0.2) is 19.8 Å². The van der Waals surface area contributed by atoms with Crippen molar-refractivity contribution >= 4 is 8.32 Å². The van der Waals surface area contributed by atoms with Crippen molar-refractivity contribution in [2.75, 3.05) is 20.0 Å². The highest BCUT2D eigenvalue weighted by molar-refractivity contribution is 6.74. The van der Waals surface area contributed by atoms with Gasteiger partial charge in [0.1, 0.15) is 0 Å². The van der Waals surface area contributed by atoms with Crippen LogP contribution < -0.4 is 9.47 Å². The summed E-state index contributed by atoms with van der Waals surface area (Å²) in [5, 5.41) is 31.9. The Labute approximate surface area is 191 Å². The van der Waals surface area contributed by atoms with Gasteiger partial charge in [-0.1, -0.05) is 57.2 Å². The van der Waals surface area contributed by atoms with Crippen LogP contribution in [0.15, 0.2) is 48.5 Å². The minimum Gasteiger partial charge on any atom is -0.454 e. The van der Waals surface area contributed by atoms with E-state index in [0.717, 1.165) is 5.56 Å². The van der Waals surface area contributed by atoms with E-state index in [2.05, 4.69) is 33.9 Å². The second-order valence-electron chi connectivity index (χ2n) is 9.96. The van der Waals surface area contributed by atoms with Gasteiger partial charge in [-0.15, -0.1) is 0 Å². The number of rotatable bonds is 9. The third-order valence-electron chi connectivity index (χ3n) is 6.86. The first-order valence-corrected chi connectivity index (χ1v) is 14.0. The first-order chi connectivity index (χ1) is 15.1. The molecule has 0 amide bonds. The van der Waals surface area contributed by atoms with Gasteiger partial charge >= 0.3 is 0 Å². The van der Waals surface area contributed by atoms with Crippen LogP contribution in [0.3, 0.4) is 0 Å². The number of aliphatic hydroxyl groups is 3. The Morgan fingerprint density at radius 1 is 0.906 bits per heavy atom. The minimum absolute atomic E-state index is 0.0612. The molecule has 0 aliphatic carbocycles. The number of hydrogen-bond acceptors (Lipinski definition) is 6. The van der Waals surface area contributed by atoms with Gasteiger partial charge in [0, 0.05) is 25.0 Å². The van der Waals surface area contributed by atoms with E-state index in [4.69, 9.17) is 13.9 Å². The van der Waals surface area contributed by atoms with E-state index in [-0.39, 0.29) is 25.0 Å². The van der Waals surface area contributed by atoms with E-state index in [0.29, 0.717) is 17.1 Å².